The van der Waals surface area contributed by atoms with Gasteiger partial charge >= 0.3 is 6.09 Å². The lowest BCUT2D eigenvalue weighted by atomic mass is 9.74. The summed E-state index contributed by atoms with van der Waals surface area (Å²) in [5.74, 6) is -0.174. The van der Waals surface area contributed by atoms with E-state index in [0.29, 0.717) is 0 Å². The highest BCUT2D eigenvalue weighted by atomic mass is 16.5. The van der Waals surface area contributed by atoms with Crippen molar-refractivity contribution in [3.05, 3.63) is 71.3 Å². The number of carbonyl (C=O) groups excluding carboxylic acids is 2. The van der Waals surface area contributed by atoms with Crippen LogP contribution in [0.4, 0.5) is 4.79 Å². The Balaban J connectivity index is 1.46. The topological polar surface area (TPSA) is 70.7 Å². The summed E-state index contributed by atoms with van der Waals surface area (Å²) in [6.07, 6.45) is 4.28. The molecule has 2 amide bonds. The fourth-order valence-corrected chi connectivity index (χ4v) is 4.50. The Labute approximate surface area is 197 Å². The minimum absolute atomic E-state index is 0.0988. The fraction of sp³-hybridized carbons (Fsp3) is 0.481. The summed E-state index contributed by atoms with van der Waals surface area (Å²) in [6, 6.07) is 17.7. The van der Waals surface area contributed by atoms with E-state index in [1.165, 1.54) is 11.1 Å². The minimum atomic E-state index is -0.652. The largest absolute Gasteiger partial charge is 0.445 e. The first-order valence-electron chi connectivity index (χ1n) is 11.8. The summed E-state index contributed by atoms with van der Waals surface area (Å²) >= 11 is 0. The molecule has 2 aromatic rings. The molecule has 0 saturated heterocycles. The smallest absolute Gasteiger partial charge is 0.408 e. The monoisotopic (exact) mass is 451 g/mol. The molecule has 0 spiro atoms. The predicted octanol–water partition coefficient (Wildman–Crippen LogP) is 4.21. The highest BCUT2D eigenvalue weighted by molar-refractivity contribution is 5.85. The summed E-state index contributed by atoms with van der Waals surface area (Å²) < 4.78 is 5.22. The molecule has 2 aromatic carbocycles. The third-order valence-electron chi connectivity index (χ3n) is 6.81. The number of nitrogens with one attached hydrogen (secondary N) is 2. The van der Waals surface area contributed by atoms with Crippen LogP contribution in [0, 0.1) is 6.92 Å². The molecule has 3 rings (SSSR count). The first kappa shape index (κ1) is 24.8. The fourth-order valence-electron chi connectivity index (χ4n) is 4.50. The van der Waals surface area contributed by atoms with Gasteiger partial charge in [0.1, 0.15) is 12.6 Å². The molecule has 6 nitrogen and oxygen atoms in total. The Bertz CT molecular complexity index is 904. The van der Waals surface area contributed by atoms with Gasteiger partial charge in [0.05, 0.1) is 0 Å². The van der Waals surface area contributed by atoms with Gasteiger partial charge in [-0.15, -0.1) is 0 Å². The summed E-state index contributed by atoms with van der Waals surface area (Å²) in [5, 5.41) is 5.75. The lowest BCUT2D eigenvalue weighted by Gasteiger charge is -2.45. The van der Waals surface area contributed by atoms with Gasteiger partial charge in [0, 0.05) is 11.6 Å². The van der Waals surface area contributed by atoms with Crippen molar-refractivity contribution < 1.29 is 14.3 Å². The number of ether oxygens (including phenoxy) is 1. The second kappa shape index (κ2) is 11.3. The SMILES string of the molecule is Cc1ccc(CC2(N(C)C)CCC(NC(=O)C(C)NC(=O)OCc3ccccc3)CC2)cc1. The molecule has 1 atom stereocenters. The van der Waals surface area contributed by atoms with Gasteiger partial charge < -0.3 is 20.3 Å². The van der Waals surface area contributed by atoms with Crippen LogP contribution in [0.15, 0.2) is 54.6 Å². The van der Waals surface area contributed by atoms with E-state index < -0.39 is 12.1 Å². The van der Waals surface area contributed by atoms with Gasteiger partial charge in [0.25, 0.3) is 0 Å². The van der Waals surface area contributed by atoms with Gasteiger partial charge in [-0.05, 0) is 71.2 Å². The van der Waals surface area contributed by atoms with Gasteiger partial charge in [0.2, 0.25) is 5.91 Å². The van der Waals surface area contributed by atoms with E-state index in [1.54, 1.807) is 6.92 Å². The molecule has 1 saturated carbocycles. The number of likely N-dealkylation sites (N-methyl/N-ethyl adjacent to an activating group) is 1. The zero-order valence-electron chi connectivity index (χ0n) is 20.3. The van der Waals surface area contributed by atoms with Crippen molar-refractivity contribution in [2.75, 3.05) is 14.1 Å². The van der Waals surface area contributed by atoms with Crippen LogP contribution in [0.5, 0.6) is 0 Å². The molecule has 1 fully saturated rings. The van der Waals surface area contributed by atoms with E-state index in [0.717, 1.165) is 37.7 Å². The summed E-state index contributed by atoms with van der Waals surface area (Å²) in [7, 11) is 4.31. The Morgan fingerprint density at radius 2 is 1.67 bits per heavy atom. The van der Waals surface area contributed by atoms with E-state index in [4.69, 9.17) is 4.74 Å². The van der Waals surface area contributed by atoms with E-state index in [2.05, 4.69) is 60.8 Å². The Morgan fingerprint density at radius 1 is 1.03 bits per heavy atom. The number of carbonyl (C=O) groups is 2. The van der Waals surface area contributed by atoms with E-state index >= 15 is 0 Å². The molecule has 1 aliphatic carbocycles. The van der Waals surface area contributed by atoms with Crippen LogP contribution in [-0.4, -0.2) is 48.6 Å². The number of benzene rings is 2. The van der Waals surface area contributed by atoms with Gasteiger partial charge in [-0.2, -0.15) is 0 Å². The molecule has 0 radical (unpaired) electrons. The average molecular weight is 452 g/mol. The number of hydrogen-bond acceptors (Lipinski definition) is 4. The molecule has 0 heterocycles. The van der Waals surface area contributed by atoms with Crippen LogP contribution >= 0.6 is 0 Å². The third-order valence-corrected chi connectivity index (χ3v) is 6.81. The number of nitrogens with zero attached hydrogens (tertiary/aromatic N) is 1. The normalized spacial score (nSPS) is 21.3. The van der Waals surface area contributed by atoms with Crippen LogP contribution in [0.25, 0.3) is 0 Å². The molecular weight excluding hydrogens is 414 g/mol. The van der Waals surface area contributed by atoms with Crippen LogP contribution < -0.4 is 10.6 Å². The van der Waals surface area contributed by atoms with Crippen LogP contribution in [0.2, 0.25) is 0 Å². The molecule has 1 aliphatic rings. The van der Waals surface area contributed by atoms with E-state index in [1.807, 2.05) is 30.3 Å². The molecule has 1 unspecified atom stereocenters. The molecule has 0 bridgehead atoms. The lowest BCUT2D eigenvalue weighted by Crippen LogP contribution is -2.54. The Morgan fingerprint density at radius 3 is 2.27 bits per heavy atom. The maximum Gasteiger partial charge on any atom is 0.408 e. The first-order chi connectivity index (χ1) is 15.8. The van der Waals surface area contributed by atoms with Crippen LogP contribution in [0.3, 0.4) is 0 Å². The summed E-state index contributed by atoms with van der Waals surface area (Å²) in [6.45, 7) is 3.97. The van der Waals surface area contributed by atoms with Crippen molar-refractivity contribution in [3.63, 3.8) is 0 Å². The second-order valence-corrected chi connectivity index (χ2v) is 9.49. The number of amides is 2. The van der Waals surface area contributed by atoms with Crippen molar-refractivity contribution in [1.82, 2.24) is 15.5 Å². The van der Waals surface area contributed by atoms with Gasteiger partial charge in [-0.25, -0.2) is 4.79 Å². The molecule has 6 heteroatoms. The van der Waals surface area contributed by atoms with Crippen molar-refractivity contribution in [2.45, 2.75) is 70.2 Å². The minimum Gasteiger partial charge on any atom is -0.445 e. The predicted molar refractivity (Wildman–Crippen MR) is 131 cm³/mol. The second-order valence-electron chi connectivity index (χ2n) is 9.49. The Hall–Kier alpha value is -2.86. The van der Waals surface area contributed by atoms with Gasteiger partial charge in [-0.1, -0.05) is 60.2 Å². The first-order valence-corrected chi connectivity index (χ1v) is 11.8. The van der Waals surface area contributed by atoms with Crippen molar-refractivity contribution in [1.29, 1.82) is 0 Å². The van der Waals surface area contributed by atoms with Crippen LogP contribution in [-0.2, 0) is 22.6 Å². The van der Waals surface area contributed by atoms with Crippen molar-refractivity contribution >= 4 is 12.0 Å². The van der Waals surface area contributed by atoms with E-state index in [9.17, 15) is 9.59 Å². The highest BCUT2D eigenvalue weighted by Crippen LogP contribution is 2.35. The number of alkyl carbamates (subject to hydrolysis) is 1. The molecule has 2 N–H and O–H groups in total. The number of rotatable bonds is 8. The molecule has 33 heavy (non-hydrogen) atoms. The summed E-state index contributed by atoms with van der Waals surface area (Å²) in [5.41, 5.74) is 3.63. The third kappa shape index (κ3) is 7.06. The molecule has 0 aliphatic heterocycles. The summed E-state index contributed by atoms with van der Waals surface area (Å²) in [4.78, 5) is 27.1. The van der Waals surface area contributed by atoms with Crippen LogP contribution in [0.1, 0.15) is 49.3 Å². The van der Waals surface area contributed by atoms with Gasteiger partial charge in [0.15, 0.2) is 0 Å². The number of hydrogen-bond donors (Lipinski definition) is 2. The van der Waals surface area contributed by atoms with Gasteiger partial charge in [-0.3, -0.25) is 4.79 Å². The zero-order valence-corrected chi connectivity index (χ0v) is 20.3. The maximum atomic E-state index is 12.6. The maximum absolute atomic E-state index is 12.6. The average Bonchev–Trinajstić information content (AvgIpc) is 2.81. The molecular formula is C27H37N3O3. The Kier molecular flexibility index (Phi) is 8.50. The lowest BCUT2D eigenvalue weighted by molar-refractivity contribution is -0.123. The zero-order chi connectivity index (χ0) is 23.8. The van der Waals surface area contributed by atoms with Crippen molar-refractivity contribution in [2.24, 2.45) is 0 Å². The molecule has 0 aromatic heterocycles. The van der Waals surface area contributed by atoms with Crippen molar-refractivity contribution in [3.8, 4) is 0 Å². The number of aryl methyl sites for hydroxylation is 1. The standard InChI is InChI=1S/C27H37N3O3/c1-20-10-12-22(13-11-20)18-27(30(3)4)16-14-24(15-17-27)29-25(31)21(2)28-26(32)33-19-23-8-6-5-7-9-23/h5-13,21,24H,14-19H2,1-4H3,(H,28,32)(H,29,31). The molecule has 178 valence electrons. The highest BCUT2D eigenvalue weighted by Gasteiger charge is 2.38. The quantitative estimate of drug-likeness (QED) is 0.631. The van der Waals surface area contributed by atoms with E-state index in [-0.39, 0.29) is 24.1 Å².